The van der Waals surface area contributed by atoms with Gasteiger partial charge in [-0.2, -0.15) is 0 Å². The third-order valence-electron chi connectivity index (χ3n) is 7.92. The van der Waals surface area contributed by atoms with Crippen molar-refractivity contribution < 1.29 is 59.5 Å². The number of hydrogen-bond acceptors (Lipinski definition) is 12. The van der Waals surface area contributed by atoms with Crippen molar-refractivity contribution in [3.05, 3.63) is 11.6 Å². The van der Waals surface area contributed by atoms with E-state index in [-0.39, 0.29) is 18.3 Å². The van der Waals surface area contributed by atoms with E-state index in [1.807, 2.05) is 20.8 Å². The second-order valence-electron chi connectivity index (χ2n) is 11.1. The number of allylic oxidation sites excluding steroid dienone is 1. The van der Waals surface area contributed by atoms with Gasteiger partial charge in [-0.3, -0.25) is 4.79 Å². The molecule has 12 heteroatoms. The van der Waals surface area contributed by atoms with Gasteiger partial charge < -0.3 is 54.7 Å². The molecule has 12 nitrogen and oxygen atoms in total. The Morgan fingerprint density at radius 2 is 1.51 bits per heavy atom. The molecule has 1 aliphatic carbocycles. The summed E-state index contributed by atoms with van der Waals surface area (Å²) in [5, 5.41) is 71.4. The maximum atomic E-state index is 12.0. The van der Waals surface area contributed by atoms with E-state index in [4.69, 9.17) is 18.9 Å². The molecular formula is C25H42O12. The molecule has 2 aliphatic heterocycles. The van der Waals surface area contributed by atoms with Crippen molar-refractivity contribution in [3.8, 4) is 0 Å². The molecule has 37 heavy (non-hydrogen) atoms. The summed E-state index contributed by atoms with van der Waals surface area (Å²) in [6, 6.07) is 0. The van der Waals surface area contributed by atoms with Gasteiger partial charge in [0.2, 0.25) is 0 Å². The molecule has 13 atom stereocenters. The lowest BCUT2D eigenvalue weighted by molar-refractivity contribution is -0.332. The molecule has 0 aromatic carbocycles. The lowest BCUT2D eigenvalue weighted by Crippen LogP contribution is -2.61. The average Bonchev–Trinajstić information content (AvgIpc) is 2.83. The van der Waals surface area contributed by atoms with Gasteiger partial charge >= 0.3 is 0 Å². The minimum atomic E-state index is -1.60. The molecule has 214 valence electrons. The Kier molecular flexibility index (Phi) is 9.90. The fourth-order valence-corrected chi connectivity index (χ4v) is 5.35. The molecule has 0 aromatic heterocycles. The van der Waals surface area contributed by atoms with Crippen molar-refractivity contribution in [1.82, 2.24) is 0 Å². The summed E-state index contributed by atoms with van der Waals surface area (Å²) in [4.78, 5) is 12.0. The van der Waals surface area contributed by atoms with Crippen molar-refractivity contribution in [2.24, 2.45) is 11.3 Å². The fourth-order valence-electron chi connectivity index (χ4n) is 5.35. The summed E-state index contributed by atoms with van der Waals surface area (Å²) in [6.45, 7) is 8.42. The van der Waals surface area contributed by atoms with E-state index < -0.39 is 79.0 Å². The van der Waals surface area contributed by atoms with E-state index in [9.17, 15) is 40.5 Å². The Morgan fingerprint density at radius 3 is 2.16 bits per heavy atom. The van der Waals surface area contributed by atoms with Gasteiger partial charge in [-0.1, -0.05) is 19.4 Å². The van der Waals surface area contributed by atoms with E-state index in [0.29, 0.717) is 12.8 Å². The molecule has 2 fully saturated rings. The average molecular weight is 535 g/mol. The summed E-state index contributed by atoms with van der Waals surface area (Å²) < 4.78 is 22.4. The minimum Gasteiger partial charge on any atom is -0.388 e. The summed E-state index contributed by atoms with van der Waals surface area (Å²) in [6.07, 6.45) is -12.6. The van der Waals surface area contributed by atoms with Crippen molar-refractivity contribution in [2.45, 2.75) is 121 Å². The molecule has 0 saturated carbocycles. The molecule has 0 aromatic rings. The normalized spacial score (nSPS) is 45.4. The van der Waals surface area contributed by atoms with Crippen molar-refractivity contribution in [3.63, 3.8) is 0 Å². The third kappa shape index (κ3) is 6.42. The van der Waals surface area contributed by atoms with Crippen LogP contribution >= 0.6 is 0 Å². The number of hydrogen-bond donors (Lipinski definition) is 7. The molecule has 3 aliphatic rings. The van der Waals surface area contributed by atoms with E-state index >= 15 is 0 Å². The lowest BCUT2D eigenvalue weighted by atomic mass is 9.65. The van der Waals surface area contributed by atoms with Crippen LogP contribution in [0, 0.1) is 11.3 Å². The SMILES string of the molecule is CC1=CC(=O)C(O)C(C)(C)C1CCC(C)OC1OC(COC2OC(C)C(O)C(O)C2O)C(O)C(O)C1O. The first kappa shape index (κ1) is 30.5. The second-order valence-corrected chi connectivity index (χ2v) is 11.1. The molecule has 3 rings (SSSR count). The number of aliphatic hydroxyl groups excluding tert-OH is 7. The van der Waals surface area contributed by atoms with E-state index in [1.54, 1.807) is 6.92 Å². The second kappa shape index (κ2) is 12.0. The largest absolute Gasteiger partial charge is 0.388 e. The molecule has 13 unspecified atom stereocenters. The van der Waals surface area contributed by atoms with Gasteiger partial charge in [0, 0.05) is 5.41 Å². The quantitative estimate of drug-likeness (QED) is 0.188. The summed E-state index contributed by atoms with van der Waals surface area (Å²) in [5.74, 6) is -0.385. The number of carbonyl (C=O) groups is 1. The summed E-state index contributed by atoms with van der Waals surface area (Å²) in [5.41, 5.74) is 0.211. The first-order chi connectivity index (χ1) is 17.2. The van der Waals surface area contributed by atoms with Crippen LogP contribution < -0.4 is 0 Å². The van der Waals surface area contributed by atoms with Crippen molar-refractivity contribution >= 4 is 5.78 Å². The van der Waals surface area contributed by atoms with E-state index in [2.05, 4.69) is 0 Å². The van der Waals surface area contributed by atoms with Crippen LogP contribution in [-0.2, 0) is 23.7 Å². The highest BCUT2D eigenvalue weighted by atomic mass is 16.7. The maximum absolute atomic E-state index is 12.0. The number of ether oxygens (including phenoxy) is 4. The van der Waals surface area contributed by atoms with Crippen molar-refractivity contribution in [2.75, 3.05) is 6.61 Å². The highest BCUT2D eigenvalue weighted by Gasteiger charge is 2.48. The number of rotatable bonds is 8. The van der Waals surface area contributed by atoms with Gasteiger partial charge in [-0.15, -0.1) is 0 Å². The molecule has 0 bridgehead atoms. The third-order valence-corrected chi connectivity index (χ3v) is 7.92. The van der Waals surface area contributed by atoms with Gasteiger partial charge in [0.25, 0.3) is 0 Å². The van der Waals surface area contributed by atoms with Crippen LogP contribution in [0.2, 0.25) is 0 Å². The topological polar surface area (TPSA) is 196 Å². The van der Waals surface area contributed by atoms with Crippen LogP contribution in [0.3, 0.4) is 0 Å². The Bertz CT molecular complexity index is 817. The molecule has 0 amide bonds. The number of aliphatic hydroxyl groups is 7. The van der Waals surface area contributed by atoms with E-state index in [0.717, 1.165) is 5.57 Å². The summed E-state index contributed by atoms with van der Waals surface area (Å²) >= 11 is 0. The highest BCUT2D eigenvalue weighted by Crippen LogP contribution is 2.43. The fraction of sp³-hybridized carbons (Fsp3) is 0.880. The molecule has 0 radical (unpaired) electrons. The predicted octanol–water partition coefficient (Wildman–Crippen LogP) is -1.64. The van der Waals surface area contributed by atoms with Crippen LogP contribution in [-0.4, -0.2) is 122 Å². The Balaban J connectivity index is 1.57. The monoisotopic (exact) mass is 534 g/mol. The Morgan fingerprint density at radius 1 is 0.919 bits per heavy atom. The molecule has 0 spiro atoms. The van der Waals surface area contributed by atoms with Crippen LogP contribution in [0.5, 0.6) is 0 Å². The van der Waals surface area contributed by atoms with E-state index in [1.165, 1.54) is 13.0 Å². The predicted molar refractivity (Wildman–Crippen MR) is 127 cm³/mol. The zero-order valence-corrected chi connectivity index (χ0v) is 21.9. The Labute approximate surface area is 216 Å². The smallest absolute Gasteiger partial charge is 0.186 e. The van der Waals surface area contributed by atoms with Crippen LogP contribution in [0.1, 0.15) is 47.5 Å². The van der Waals surface area contributed by atoms with Gasteiger partial charge in [-0.05, 0) is 45.6 Å². The van der Waals surface area contributed by atoms with Gasteiger partial charge in [-0.25, -0.2) is 0 Å². The van der Waals surface area contributed by atoms with Crippen molar-refractivity contribution in [1.29, 1.82) is 0 Å². The van der Waals surface area contributed by atoms with Gasteiger partial charge in [0.1, 0.15) is 48.8 Å². The Hall–Kier alpha value is -1.03. The van der Waals surface area contributed by atoms with Crippen LogP contribution in [0.15, 0.2) is 11.6 Å². The standard InChI is InChI=1S/C25H42O12/c1-10-8-14(26)22(33)25(4,5)13(10)7-6-11(2)35-24-21(32)19(30)17(28)15(37-24)9-34-23-20(31)18(29)16(27)12(3)36-23/h8,11-13,15-24,27-33H,6-7,9H2,1-5H3. The molecular weight excluding hydrogens is 492 g/mol. The highest BCUT2D eigenvalue weighted by molar-refractivity contribution is 5.95. The first-order valence-electron chi connectivity index (χ1n) is 12.7. The molecule has 2 heterocycles. The zero-order valence-electron chi connectivity index (χ0n) is 21.9. The summed E-state index contributed by atoms with van der Waals surface area (Å²) in [7, 11) is 0. The van der Waals surface area contributed by atoms with Crippen LogP contribution in [0.25, 0.3) is 0 Å². The number of carbonyl (C=O) groups excluding carboxylic acids is 1. The molecule has 7 N–H and O–H groups in total. The minimum absolute atomic E-state index is 0.0739. The zero-order chi connectivity index (χ0) is 27.8. The molecule has 2 saturated heterocycles. The maximum Gasteiger partial charge on any atom is 0.186 e. The van der Waals surface area contributed by atoms with Gasteiger partial charge in [0.15, 0.2) is 18.4 Å². The van der Waals surface area contributed by atoms with Gasteiger partial charge in [0.05, 0.1) is 18.8 Å². The van der Waals surface area contributed by atoms with Crippen LogP contribution in [0.4, 0.5) is 0 Å². The first-order valence-corrected chi connectivity index (χ1v) is 12.7. The lowest BCUT2D eigenvalue weighted by Gasteiger charge is -2.43. The number of ketones is 1.